The molecule has 0 aromatic heterocycles. The minimum atomic E-state index is 1.32. The number of rotatable bonds is 3. The quantitative estimate of drug-likeness (QED) is 0.399. The molecule has 0 amide bonds. The van der Waals surface area contributed by atoms with Crippen LogP contribution in [0.2, 0.25) is 0 Å². The highest BCUT2D eigenvalue weighted by Gasteiger charge is 2.23. The molecular formula is C8H16N+. The van der Waals surface area contributed by atoms with E-state index in [0.717, 1.165) is 0 Å². The zero-order chi connectivity index (χ0) is 6.69. The molecule has 0 saturated carbocycles. The van der Waals surface area contributed by atoms with Gasteiger partial charge in [-0.1, -0.05) is 13.3 Å². The zero-order valence-corrected chi connectivity index (χ0v) is 6.48. The first kappa shape index (κ1) is 6.79. The predicted molar refractivity (Wildman–Crippen MR) is 40.2 cm³/mol. The highest BCUT2D eigenvalue weighted by Crippen LogP contribution is 2.01. The largest absolute Gasteiger partial charge is 0.224 e. The van der Waals surface area contributed by atoms with Gasteiger partial charge in [0.1, 0.15) is 5.71 Å². The Labute approximate surface area is 57.4 Å². The van der Waals surface area contributed by atoms with Crippen molar-refractivity contribution >= 4 is 5.71 Å². The summed E-state index contributed by atoms with van der Waals surface area (Å²) in [6.07, 6.45) is 4.00. The fraction of sp³-hybridized carbons (Fsp3) is 0.875. The smallest absolute Gasteiger partial charge is 0.201 e. The Morgan fingerprint density at radius 2 is 2.11 bits per heavy atom. The summed E-state index contributed by atoms with van der Waals surface area (Å²) in [5.74, 6) is 0. The second-order valence-corrected chi connectivity index (χ2v) is 2.83. The third-order valence-corrected chi connectivity index (χ3v) is 1.88. The topological polar surface area (TPSA) is 3.01 Å². The van der Waals surface area contributed by atoms with Gasteiger partial charge in [0, 0.05) is 13.3 Å². The first-order valence-electron chi connectivity index (χ1n) is 3.92. The minimum Gasteiger partial charge on any atom is -0.224 e. The Kier molecular flexibility index (Phi) is 2.26. The van der Waals surface area contributed by atoms with Crippen LogP contribution in [0.15, 0.2) is 0 Å². The number of nitrogens with zero attached hydrogens (tertiary/aromatic N) is 1. The molecule has 0 aliphatic carbocycles. The molecule has 0 aromatic rings. The van der Waals surface area contributed by atoms with Gasteiger partial charge in [-0.05, 0) is 6.42 Å². The highest BCUT2D eigenvalue weighted by atomic mass is 15.1. The molecule has 1 heterocycles. The van der Waals surface area contributed by atoms with E-state index in [1.54, 1.807) is 5.71 Å². The third-order valence-electron chi connectivity index (χ3n) is 1.88. The van der Waals surface area contributed by atoms with Gasteiger partial charge in [0.15, 0.2) is 0 Å². The fourth-order valence-electron chi connectivity index (χ4n) is 1.02. The highest BCUT2D eigenvalue weighted by molar-refractivity contribution is 5.77. The molecule has 0 bridgehead atoms. The molecule has 0 aromatic carbocycles. The fourth-order valence-corrected chi connectivity index (χ4v) is 1.02. The van der Waals surface area contributed by atoms with Gasteiger partial charge < -0.3 is 0 Å². The van der Waals surface area contributed by atoms with E-state index in [4.69, 9.17) is 0 Å². The molecule has 1 rings (SSSR count). The Balaban J connectivity index is 2.18. The molecule has 1 aliphatic heterocycles. The van der Waals surface area contributed by atoms with Crippen molar-refractivity contribution in [3.8, 4) is 0 Å². The SMILES string of the molecule is CCCCC(C)=[N+]1CC1. The zero-order valence-electron chi connectivity index (χ0n) is 6.48. The molecule has 1 fully saturated rings. The summed E-state index contributed by atoms with van der Waals surface area (Å²) in [5.41, 5.74) is 1.59. The summed E-state index contributed by atoms with van der Waals surface area (Å²) in [5, 5.41) is 0. The molecule has 0 atom stereocenters. The van der Waals surface area contributed by atoms with Crippen LogP contribution in [-0.2, 0) is 0 Å². The molecule has 1 heteroatoms. The second-order valence-electron chi connectivity index (χ2n) is 2.83. The number of unbranched alkanes of at least 4 members (excludes halogenated alkanes) is 1. The maximum Gasteiger partial charge on any atom is 0.201 e. The van der Waals surface area contributed by atoms with E-state index >= 15 is 0 Å². The van der Waals surface area contributed by atoms with Crippen molar-refractivity contribution in [2.75, 3.05) is 13.1 Å². The lowest BCUT2D eigenvalue weighted by Crippen LogP contribution is -1.98. The first-order chi connectivity index (χ1) is 4.34. The molecule has 52 valence electrons. The molecule has 9 heavy (non-hydrogen) atoms. The van der Waals surface area contributed by atoms with E-state index in [9.17, 15) is 0 Å². The maximum atomic E-state index is 2.44. The second kappa shape index (κ2) is 3.00. The minimum absolute atomic E-state index is 1.32. The average molecular weight is 126 g/mol. The van der Waals surface area contributed by atoms with Crippen molar-refractivity contribution in [3.05, 3.63) is 0 Å². The van der Waals surface area contributed by atoms with Crippen molar-refractivity contribution in [1.82, 2.24) is 0 Å². The van der Waals surface area contributed by atoms with Crippen LogP contribution in [0, 0.1) is 0 Å². The summed E-state index contributed by atoms with van der Waals surface area (Å²) in [7, 11) is 0. The number of hydrogen-bond donors (Lipinski definition) is 0. The van der Waals surface area contributed by atoms with Crippen molar-refractivity contribution in [1.29, 1.82) is 0 Å². The Morgan fingerprint density at radius 1 is 1.44 bits per heavy atom. The standard InChI is InChI=1S/C8H16N/c1-3-4-5-8(2)9-6-7-9/h3-7H2,1-2H3/q+1. The summed E-state index contributed by atoms with van der Waals surface area (Å²) in [4.78, 5) is 0. The van der Waals surface area contributed by atoms with Crippen molar-refractivity contribution in [2.45, 2.75) is 33.1 Å². The van der Waals surface area contributed by atoms with E-state index in [1.165, 1.54) is 32.4 Å². The van der Waals surface area contributed by atoms with Gasteiger partial charge in [-0.3, -0.25) is 0 Å². The van der Waals surface area contributed by atoms with Crippen LogP contribution in [-0.4, -0.2) is 23.4 Å². The van der Waals surface area contributed by atoms with Crippen molar-refractivity contribution < 1.29 is 4.58 Å². The van der Waals surface area contributed by atoms with Crippen LogP contribution in [0.1, 0.15) is 33.1 Å². The first-order valence-corrected chi connectivity index (χ1v) is 3.92. The van der Waals surface area contributed by atoms with Crippen molar-refractivity contribution in [3.63, 3.8) is 0 Å². The van der Waals surface area contributed by atoms with E-state index in [-0.39, 0.29) is 0 Å². The lowest BCUT2D eigenvalue weighted by Gasteiger charge is -1.89. The Hall–Kier alpha value is -0.330. The molecule has 0 radical (unpaired) electrons. The van der Waals surface area contributed by atoms with Gasteiger partial charge in [-0.15, -0.1) is 0 Å². The van der Waals surface area contributed by atoms with Gasteiger partial charge in [0.25, 0.3) is 0 Å². The van der Waals surface area contributed by atoms with E-state index in [0.29, 0.717) is 0 Å². The normalized spacial score (nSPS) is 16.0. The molecule has 1 saturated heterocycles. The van der Waals surface area contributed by atoms with Gasteiger partial charge in [-0.25, -0.2) is 4.58 Å². The van der Waals surface area contributed by atoms with Crippen LogP contribution in [0.3, 0.4) is 0 Å². The monoisotopic (exact) mass is 126 g/mol. The molecule has 0 spiro atoms. The summed E-state index contributed by atoms with van der Waals surface area (Å²) in [6.45, 7) is 7.13. The predicted octanol–water partition coefficient (Wildman–Crippen LogP) is 1.66. The summed E-state index contributed by atoms with van der Waals surface area (Å²) >= 11 is 0. The Morgan fingerprint density at radius 3 is 2.56 bits per heavy atom. The van der Waals surface area contributed by atoms with Crippen molar-refractivity contribution in [2.24, 2.45) is 0 Å². The average Bonchev–Trinajstić information content (AvgIpc) is 2.63. The van der Waals surface area contributed by atoms with Crippen LogP contribution in [0.5, 0.6) is 0 Å². The van der Waals surface area contributed by atoms with E-state index in [1.807, 2.05) is 0 Å². The van der Waals surface area contributed by atoms with Crippen LogP contribution >= 0.6 is 0 Å². The molecule has 1 nitrogen and oxygen atoms in total. The molecule has 0 N–H and O–H groups in total. The van der Waals surface area contributed by atoms with Crippen LogP contribution < -0.4 is 0 Å². The van der Waals surface area contributed by atoms with Gasteiger partial charge in [0.2, 0.25) is 13.1 Å². The summed E-state index contributed by atoms with van der Waals surface area (Å²) in [6, 6.07) is 0. The van der Waals surface area contributed by atoms with Crippen LogP contribution in [0.25, 0.3) is 0 Å². The molecule has 1 aliphatic rings. The third kappa shape index (κ3) is 2.17. The van der Waals surface area contributed by atoms with Gasteiger partial charge in [-0.2, -0.15) is 0 Å². The summed E-state index contributed by atoms with van der Waals surface area (Å²) < 4.78 is 2.44. The van der Waals surface area contributed by atoms with E-state index in [2.05, 4.69) is 18.4 Å². The van der Waals surface area contributed by atoms with Crippen LogP contribution in [0.4, 0.5) is 0 Å². The maximum absolute atomic E-state index is 2.44. The molecule has 0 unspecified atom stereocenters. The van der Waals surface area contributed by atoms with Gasteiger partial charge >= 0.3 is 0 Å². The Bertz CT molecular complexity index is 119. The van der Waals surface area contributed by atoms with E-state index < -0.39 is 0 Å². The number of hydrogen-bond acceptors (Lipinski definition) is 0. The molecular weight excluding hydrogens is 110 g/mol. The lowest BCUT2D eigenvalue weighted by atomic mass is 10.2. The lowest BCUT2D eigenvalue weighted by molar-refractivity contribution is -0.337. The van der Waals surface area contributed by atoms with Gasteiger partial charge in [0.05, 0.1) is 0 Å².